The Morgan fingerprint density at radius 3 is 2.75 bits per heavy atom. The number of hydrogen-bond donors (Lipinski definition) is 0. The molecule has 0 spiro atoms. The third-order valence-corrected chi connectivity index (χ3v) is 3.43. The summed E-state index contributed by atoms with van der Waals surface area (Å²) in [4.78, 5) is 14.7. The van der Waals surface area contributed by atoms with Gasteiger partial charge in [0.15, 0.2) is 5.82 Å². The maximum absolute atomic E-state index is 11.0. The molecule has 0 aliphatic carbocycles. The fourth-order valence-electron chi connectivity index (χ4n) is 2.40. The topological polar surface area (TPSA) is 61.0 Å². The van der Waals surface area contributed by atoms with Crippen molar-refractivity contribution in [3.05, 3.63) is 70.2 Å². The molecule has 3 aromatic rings. The summed E-state index contributed by atoms with van der Waals surface area (Å²) in [6, 6.07) is 14.0. The van der Waals surface area contributed by atoms with Crippen LogP contribution in [-0.4, -0.2) is 14.5 Å². The summed E-state index contributed by atoms with van der Waals surface area (Å²) < 4.78 is 1.63. The van der Waals surface area contributed by atoms with E-state index in [-0.39, 0.29) is 5.82 Å². The zero-order valence-corrected chi connectivity index (χ0v) is 11.0. The van der Waals surface area contributed by atoms with E-state index < -0.39 is 4.92 Å². The van der Waals surface area contributed by atoms with Crippen molar-refractivity contribution in [2.45, 2.75) is 13.5 Å². The molecule has 2 aromatic carbocycles. The second-order valence-electron chi connectivity index (χ2n) is 4.65. The van der Waals surface area contributed by atoms with Gasteiger partial charge in [0.1, 0.15) is 12.7 Å². The third kappa shape index (κ3) is 2.03. The molecule has 0 bridgehead atoms. The first kappa shape index (κ1) is 12.3. The number of nitrogens with zero attached hydrogens (tertiary/aromatic N) is 3. The largest absolute Gasteiger partial charge is 0.358 e. The van der Waals surface area contributed by atoms with E-state index in [0.717, 1.165) is 16.3 Å². The van der Waals surface area contributed by atoms with Gasteiger partial charge in [0.25, 0.3) is 0 Å². The molecule has 100 valence electrons. The van der Waals surface area contributed by atoms with Crippen LogP contribution in [0.25, 0.3) is 10.8 Å². The molecule has 0 saturated heterocycles. The Morgan fingerprint density at radius 2 is 1.95 bits per heavy atom. The molecule has 5 heteroatoms. The van der Waals surface area contributed by atoms with Crippen molar-refractivity contribution in [1.29, 1.82) is 0 Å². The number of rotatable bonds is 3. The first-order valence-corrected chi connectivity index (χ1v) is 6.30. The van der Waals surface area contributed by atoms with E-state index in [9.17, 15) is 10.1 Å². The highest BCUT2D eigenvalue weighted by Crippen LogP contribution is 2.22. The zero-order chi connectivity index (χ0) is 14.1. The van der Waals surface area contributed by atoms with Crippen LogP contribution in [0.2, 0.25) is 0 Å². The van der Waals surface area contributed by atoms with Gasteiger partial charge in [-0.15, -0.1) is 0 Å². The second kappa shape index (κ2) is 4.77. The summed E-state index contributed by atoms with van der Waals surface area (Å²) in [6.07, 6.45) is 1.31. The summed E-state index contributed by atoms with van der Waals surface area (Å²) in [7, 11) is 0. The first-order chi connectivity index (χ1) is 9.66. The van der Waals surface area contributed by atoms with Crippen LogP contribution in [0.4, 0.5) is 5.82 Å². The van der Waals surface area contributed by atoms with Gasteiger partial charge in [0.05, 0.1) is 0 Å². The van der Waals surface area contributed by atoms with E-state index in [1.165, 1.54) is 6.20 Å². The molecule has 1 aromatic heterocycles. The maximum Gasteiger partial charge on any atom is 0.343 e. The van der Waals surface area contributed by atoms with Crippen LogP contribution in [0.1, 0.15) is 11.4 Å². The maximum atomic E-state index is 11.0. The fraction of sp³-hybridized carbons (Fsp3) is 0.133. The standard InChI is InChI=1S/C15H13N3O2/c1-11-16-9-15(18(19)20)17(11)10-13-7-4-6-12-5-2-3-8-14(12)13/h2-9H,10H2,1H3. The summed E-state index contributed by atoms with van der Waals surface area (Å²) in [5, 5.41) is 13.3. The molecular formula is C15H13N3O2. The smallest absolute Gasteiger partial charge is 0.343 e. The Labute approximate surface area is 115 Å². The second-order valence-corrected chi connectivity index (χ2v) is 4.65. The summed E-state index contributed by atoms with van der Waals surface area (Å²) in [5.41, 5.74) is 1.05. The van der Waals surface area contributed by atoms with Gasteiger partial charge in [-0.3, -0.25) is 0 Å². The van der Waals surface area contributed by atoms with Crippen LogP contribution in [0.15, 0.2) is 48.7 Å². The minimum absolute atomic E-state index is 0.0236. The Balaban J connectivity index is 2.10. The number of fused-ring (bicyclic) bond motifs is 1. The molecule has 0 amide bonds. The van der Waals surface area contributed by atoms with Crippen molar-refractivity contribution >= 4 is 16.6 Å². The normalized spacial score (nSPS) is 10.8. The summed E-state index contributed by atoms with van der Waals surface area (Å²) in [6.45, 7) is 2.22. The van der Waals surface area contributed by atoms with Crippen LogP contribution in [-0.2, 0) is 6.54 Å². The number of nitro groups is 1. The Hall–Kier alpha value is -2.69. The van der Waals surface area contributed by atoms with Crippen LogP contribution in [0, 0.1) is 17.0 Å². The molecule has 0 radical (unpaired) electrons. The Bertz CT molecular complexity index is 787. The molecule has 5 nitrogen and oxygen atoms in total. The van der Waals surface area contributed by atoms with Crippen molar-refractivity contribution in [2.75, 3.05) is 0 Å². The average Bonchev–Trinajstić information content (AvgIpc) is 2.81. The lowest BCUT2D eigenvalue weighted by atomic mass is 10.0. The predicted molar refractivity (Wildman–Crippen MR) is 76.7 cm³/mol. The van der Waals surface area contributed by atoms with Crippen LogP contribution in [0.3, 0.4) is 0 Å². The average molecular weight is 267 g/mol. The Morgan fingerprint density at radius 1 is 1.20 bits per heavy atom. The molecule has 0 atom stereocenters. The molecule has 1 heterocycles. The number of hydrogen-bond acceptors (Lipinski definition) is 3. The predicted octanol–water partition coefficient (Wildman–Crippen LogP) is 3.30. The van der Waals surface area contributed by atoms with Crippen molar-refractivity contribution < 1.29 is 4.92 Å². The molecule has 0 aliphatic heterocycles. The highest BCUT2D eigenvalue weighted by Gasteiger charge is 2.18. The summed E-state index contributed by atoms with van der Waals surface area (Å²) in [5.74, 6) is 0.667. The quantitative estimate of drug-likeness (QED) is 0.540. The van der Waals surface area contributed by atoms with E-state index >= 15 is 0 Å². The van der Waals surface area contributed by atoms with E-state index in [2.05, 4.69) is 4.98 Å². The van der Waals surface area contributed by atoms with E-state index in [1.807, 2.05) is 42.5 Å². The van der Waals surface area contributed by atoms with Gasteiger partial charge in [-0.1, -0.05) is 42.5 Å². The molecule has 0 N–H and O–H groups in total. The van der Waals surface area contributed by atoms with Gasteiger partial charge in [-0.05, 0) is 15.7 Å². The molecule has 3 rings (SSSR count). The van der Waals surface area contributed by atoms with E-state index in [1.54, 1.807) is 11.5 Å². The number of benzene rings is 2. The lowest BCUT2D eigenvalue weighted by Gasteiger charge is -2.06. The lowest BCUT2D eigenvalue weighted by Crippen LogP contribution is -2.06. The minimum Gasteiger partial charge on any atom is -0.358 e. The van der Waals surface area contributed by atoms with Gasteiger partial charge in [-0.2, -0.15) is 0 Å². The molecular weight excluding hydrogens is 254 g/mol. The van der Waals surface area contributed by atoms with Gasteiger partial charge >= 0.3 is 5.82 Å². The molecule has 0 fully saturated rings. The van der Waals surface area contributed by atoms with Crippen LogP contribution < -0.4 is 0 Å². The number of imidazole rings is 1. The van der Waals surface area contributed by atoms with E-state index in [0.29, 0.717) is 12.4 Å². The molecule has 0 saturated carbocycles. The van der Waals surface area contributed by atoms with Crippen molar-refractivity contribution in [3.8, 4) is 0 Å². The fourth-order valence-corrected chi connectivity index (χ4v) is 2.40. The minimum atomic E-state index is -0.398. The number of aryl methyl sites for hydroxylation is 1. The van der Waals surface area contributed by atoms with Crippen LogP contribution in [0.5, 0.6) is 0 Å². The number of aromatic nitrogens is 2. The highest BCUT2D eigenvalue weighted by molar-refractivity contribution is 5.85. The van der Waals surface area contributed by atoms with Crippen LogP contribution >= 0.6 is 0 Å². The third-order valence-electron chi connectivity index (χ3n) is 3.43. The van der Waals surface area contributed by atoms with Crippen molar-refractivity contribution in [3.63, 3.8) is 0 Å². The molecule has 20 heavy (non-hydrogen) atoms. The highest BCUT2D eigenvalue weighted by atomic mass is 16.6. The molecule has 0 unspecified atom stereocenters. The molecule has 0 aliphatic rings. The van der Waals surface area contributed by atoms with E-state index in [4.69, 9.17) is 0 Å². The van der Waals surface area contributed by atoms with Gasteiger partial charge in [0.2, 0.25) is 0 Å². The summed E-state index contributed by atoms with van der Waals surface area (Å²) >= 11 is 0. The SMILES string of the molecule is Cc1ncc([N+](=O)[O-])n1Cc1cccc2ccccc12. The Kier molecular flexibility index (Phi) is 2.95. The zero-order valence-electron chi connectivity index (χ0n) is 11.0. The van der Waals surface area contributed by atoms with Crippen molar-refractivity contribution in [2.24, 2.45) is 0 Å². The lowest BCUT2D eigenvalue weighted by molar-refractivity contribution is -0.392. The van der Waals surface area contributed by atoms with Gasteiger partial charge in [-0.25, -0.2) is 9.55 Å². The van der Waals surface area contributed by atoms with Gasteiger partial charge in [0, 0.05) is 12.5 Å². The van der Waals surface area contributed by atoms with Crippen molar-refractivity contribution in [1.82, 2.24) is 9.55 Å². The first-order valence-electron chi connectivity index (χ1n) is 6.30. The van der Waals surface area contributed by atoms with Gasteiger partial charge < -0.3 is 10.1 Å². The monoisotopic (exact) mass is 267 g/mol.